The molecule has 1 aromatic heterocycles. The van der Waals surface area contributed by atoms with Gasteiger partial charge in [-0.1, -0.05) is 25.1 Å². The summed E-state index contributed by atoms with van der Waals surface area (Å²) in [6.07, 6.45) is 2.25. The quantitative estimate of drug-likeness (QED) is 0.343. The van der Waals surface area contributed by atoms with Crippen molar-refractivity contribution in [1.82, 2.24) is 10.6 Å². The minimum atomic E-state index is 0. The number of benzene rings is 1. The fraction of sp³-hybridized carbons (Fsp3) is 0.476. The maximum absolute atomic E-state index is 5.48. The largest absolute Gasteiger partial charge is 0.496 e. The lowest BCUT2D eigenvalue weighted by Gasteiger charge is -2.33. The minimum absolute atomic E-state index is 0. The average molecular weight is 514 g/mol. The summed E-state index contributed by atoms with van der Waals surface area (Å²) in [6.45, 7) is 5.20. The molecule has 1 fully saturated rings. The van der Waals surface area contributed by atoms with E-state index < -0.39 is 0 Å². The fourth-order valence-electron chi connectivity index (χ4n) is 3.52. The Morgan fingerprint density at radius 2 is 2.00 bits per heavy atom. The molecule has 2 heterocycles. The highest BCUT2D eigenvalue weighted by molar-refractivity contribution is 14.0. The van der Waals surface area contributed by atoms with Crippen molar-refractivity contribution in [2.24, 2.45) is 4.99 Å². The Kier molecular flexibility index (Phi) is 9.37. The van der Waals surface area contributed by atoms with E-state index in [9.17, 15) is 0 Å². The summed E-state index contributed by atoms with van der Waals surface area (Å²) in [6, 6.07) is 13.0. The molecule has 1 aliphatic rings. The molecule has 0 aliphatic carbocycles. The monoisotopic (exact) mass is 514 g/mol. The molecule has 28 heavy (non-hydrogen) atoms. The molecule has 1 unspecified atom stereocenters. The standard InChI is InChI=1S/C21H30N4OS.HI/c1-16(18-7-4-5-8-19(18)26-3)15-23-21(22-2)24-17-10-12-25(13-11-17)20-9-6-14-27-20;/h4-9,14,16-17H,10-13,15H2,1-3H3,(H2,22,23,24);1H. The zero-order chi connectivity index (χ0) is 19.1. The highest BCUT2D eigenvalue weighted by atomic mass is 127. The van der Waals surface area contributed by atoms with Gasteiger partial charge in [0.1, 0.15) is 5.75 Å². The van der Waals surface area contributed by atoms with Crippen LogP contribution in [0.5, 0.6) is 5.75 Å². The Morgan fingerprint density at radius 1 is 1.25 bits per heavy atom. The highest BCUT2D eigenvalue weighted by Gasteiger charge is 2.21. The Hall–Kier alpha value is -1.48. The molecule has 3 rings (SSSR count). The van der Waals surface area contributed by atoms with E-state index in [0.29, 0.717) is 12.0 Å². The van der Waals surface area contributed by atoms with Crippen LogP contribution in [0.2, 0.25) is 0 Å². The van der Waals surface area contributed by atoms with E-state index in [2.05, 4.69) is 57.1 Å². The summed E-state index contributed by atoms with van der Waals surface area (Å²) < 4.78 is 5.48. The second-order valence-electron chi connectivity index (χ2n) is 6.95. The lowest BCUT2D eigenvalue weighted by molar-refractivity contribution is 0.406. The van der Waals surface area contributed by atoms with E-state index in [-0.39, 0.29) is 24.0 Å². The van der Waals surface area contributed by atoms with Crippen molar-refractivity contribution in [3.05, 3.63) is 47.3 Å². The van der Waals surface area contributed by atoms with Crippen LogP contribution in [0.3, 0.4) is 0 Å². The number of hydrogen-bond acceptors (Lipinski definition) is 4. The van der Waals surface area contributed by atoms with Crippen molar-refractivity contribution in [2.75, 3.05) is 38.7 Å². The lowest BCUT2D eigenvalue weighted by atomic mass is 10.00. The molecule has 0 bridgehead atoms. The first kappa shape index (κ1) is 22.8. The highest BCUT2D eigenvalue weighted by Crippen LogP contribution is 2.26. The third-order valence-corrected chi connectivity index (χ3v) is 6.05. The number of methoxy groups -OCH3 is 1. The van der Waals surface area contributed by atoms with Gasteiger partial charge in [-0.2, -0.15) is 0 Å². The van der Waals surface area contributed by atoms with Crippen LogP contribution in [0.25, 0.3) is 0 Å². The van der Waals surface area contributed by atoms with Crippen molar-refractivity contribution in [1.29, 1.82) is 0 Å². The maximum Gasteiger partial charge on any atom is 0.191 e. The first-order valence-corrected chi connectivity index (χ1v) is 10.5. The molecule has 0 spiro atoms. The van der Waals surface area contributed by atoms with E-state index in [4.69, 9.17) is 4.74 Å². The number of anilines is 1. The number of rotatable bonds is 6. The zero-order valence-corrected chi connectivity index (χ0v) is 20.0. The number of nitrogens with one attached hydrogen (secondary N) is 2. The van der Waals surface area contributed by atoms with Crippen LogP contribution >= 0.6 is 35.3 Å². The van der Waals surface area contributed by atoms with E-state index in [1.807, 2.05) is 30.5 Å². The first-order valence-electron chi connectivity index (χ1n) is 9.59. The number of thiophene rings is 1. The summed E-state index contributed by atoms with van der Waals surface area (Å²) in [4.78, 5) is 6.89. The molecule has 154 valence electrons. The molecule has 0 saturated carbocycles. The number of para-hydroxylation sites is 1. The van der Waals surface area contributed by atoms with Crippen LogP contribution in [-0.4, -0.2) is 45.8 Å². The fourth-order valence-corrected chi connectivity index (χ4v) is 4.30. The smallest absolute Gasteiger partial charge is 0.191 e. The second-order valence-corrected chi connectivity index (χ2v) is 7.88. The van der Waals surface area contributed by atoms with Crippen molar-refractivity contribution < 1.29 is 4.74 Å². The van der Waals surface area contributed by atoms with E-state index in [1.54, 1.807) is 7.11 Å². The zero-order valence-electron chi connectivity index (χ0n) is 16.9. The van der Waals surface area contributed by atoms with Gasteiger partial charge in [-0.25, -0.2) is 0 Å². The summed E-state index contributed by atoms with van der Waals surface area (Å²) >= 11 is 1.82. The Balaban J connectivity index is 0.00000280. The Labute approximate surface area is 189 Å². The third-order valence-electron chi connectivity index (χ3n) is 5.12. The number of guanidine groups is 1. The van der Waals surface area contributed by atoms with Crippen molar-refractivity contribution in [3.8, 4) is 5.75 Å². The van der Waals surface area contributed by atoms with Gasteiger partial charge in [0.25, 0.3) is 0 Å². The molecule has 1 saturated heterocycles. The maximum atomic E-state index is 5.48. The van der Waals surface area contributed by atoms with Crippen molar-refractivity contribution in [2.45, 2.75) is 31.7 Å². The number of aliphatic imine (C=N–C) groups is 1. The van der Waals surface area contributed by atoms with Crippen LogP contribution < -0.4 is 20.3 Å². The molecular weight excluding hydrogens is 483 g/mol. The van der Waals surface area contributed by atoms with Gasteiger partial charge in [0.2, 0.25) is 0 Å². The topological polar surface area (TPSA) is 48.9 Å². The van der Waals surface area contributed by atoms with Gasteiger partial charge in [0, 0.05) is 38.6 Å². The minimum Gasteiger partial charge on any atom is -0.496 e. The van der Waals surface area contributed by atoms with Gasteiger partial charge in [-0.15, -0.1) is 35.3 Å². The van der Waals surface area contributed by atoms with Crippen molar-refractivity contribution >= 4 is 46.3 Å². The van der Waals surface area contributed by atoms with Gasteiger partial charge in [-0.3, -0.25) is 4.99 Å². The average Bonchev–Trinajstić information content (AvgIpc) is 3.26. The third kappa shape index (κ3) is 6.01. The first-order chi connectivity index (χ1) is 13.2. The Bertz CT molecular complexity index is 730. The number of piperidine rings is 1. The molecule has 5 nitrogen and oxygen atoms in total. The lowest BCUT2D eigenvalue weighted by Crippen LogP contribution is -2.49. The number of hydrogen-bond donors (Lipinski definition) is 2. The van der Waals surface area contributed by atoms with Crippen LogP contribution in [0.1, 0.15) is 31.2 Å². The van der Waals surface area contributed by atoms with Crippen LogP contribution in [0.15, 0.2) is 46.8 Å². The van der Waals surface area contributed by atoms with Gasteiger partial charge < -0.3 is 20.3 Å². The van der Waals surface area contributed by atoms with Gasteiger partial charge in [0.05, 0.1) is 12.1 Å². The van der Waals surface area contributed by atoms with Crippen LogP contribution in [-0.2, 0) is 0 Å². The second kappa shape index (κ2) is 11.5. The Morgan fingerprint density at radius 3 is 2.64 bits per heavy atom. The SMILES string of the molecule is CN=C(NCC(C)c1ccccc1OC)NC1CCN(c2cccs2)CC1.I. The summed E-state index contributed by atoms with van der Waals surface area (Å²) in [5.74, 6) is 2.15. The molecule has 0 radical (unpaired) electrons. The summed E-state index contributed by atoms with van der Waals surface area (Å²) in [5, 5.41) is 10.6. The van der Waals surface area contributed by atoms with Crippen LogP contribution in [0, 0.1) is 0 Å². The molecule has 0 amide bonds. The van der Waals surface area contributed by atoms with Crippen molar-refractivity contribution in [3.63, 3.8) is 0 Å². The van der Waals surface area contributed by atoms with Crippen LogP contribution in [0.4, 0.5) is 5.00 Å². The van der Waals surface area contributed by atoms with E-state index >= 15 is 0 Å². The van der Waals surface area contributed by atoms with Gasteiger partial charge in [-0.05, 0) is 42.0 Å². The molecule has 2 aromatic rings. The predicted octanol–water partition coefficient (Wildman–Crippen LogP) is 4.31. The predicted molar refractivity (Wildman–Crippen MR) is 131 cm³/mol. The molecule has 2 N–H and O–H groups in total. The van der Waals surface area contributed by atoms with Gasteiger partial charge >= 0.3 is 0 Å². The summed E-state index contributed by atoms with van der Waals surface area (Å²) in [5.41, 5.74) is 1.22. The molecule has 1 aromatic carbocycles. The number of nitrogens with zero attached hydrogens (tertiary/aromatic N) is 2. The summed E-state index contributed by atoms with van der Waals surface area (Å²) in [7, 11) is 3.56. The number of halogens is 1. The molecule has 1 atom stereocenters. The van der Waals surface area contributed by atoms with E-state index in [1.165, 1.54) is 10.6 Å². The molecule has 1 aliphatic heterocycles. The van der Waals surface area contributed by atoms with E-state index in [0.717, 1.165) is 44.2 Å². The number of ether oxygens (including phenoxy) is 1. The normalized spacial score (nSPS) is 16.2. The molecule has 7 heteroatoms. The van der Waals surface area contributed by atoms with Gasteiger partial charge in [0.15, 0.2) is 5.96 Å². The molecular formula is C21H31IN4OS.